The Kier molecular flexibility index (Phi) is 8.96. The molecule has 18 aromatic rings. The number of hydrogen-bond acceptors (Lipinski definition) is 4. The van der Waals surface area contributed by atoms with E-state index in [0.717, 1.165) is 110 Å². The number of benzene rings is 10. The number of fused-ring (bicyclic) bond motifs is 18. The number of hydrogen-bond donors (Lipinski definition) is 0. The maximum absolute atomic E-state index is 6.33. The van der Waals surface area contributed by atoms with Gasteiger partial charge in [0.25, 0.3) is 0 Å². The molecule has 0 aliphatic rings. The molecule has 0 fully saturated rings. The first kappa shape index (κ1) is 42.6. The van der Waals surface area contributed by atoms with Crippen molar-refractivity contribution in [3.63, 3.8) is 0 Å². The van der Waals surface area contributed by atoms with Crippen LogP contribution in [0.4, 0.5) is 0 Å². The van der Waals surface area contributed by atoms with Crippen LogP contribution in [0.1, 0.15) is 0 Å². The Bertz CT molecular complexity index is 4600. The third-order valence-electron chi connectivity index (χ3n) is 15.9. The smallest absolute Gasteiger partial charge is 0.135 e. The molecule has 0 aliphatic heterocycles. The fraction of sp³-hybridized carbons (Fsp3) is 0. The van der Waals surface area contributed by atoms with Gasteiger partial charge in [-0.05, 0) is 133 Å². The maximum atomic E-state index is 6.33. The van der Waals surface area contributed by atoms with Crippen molar-refractivity contribution in [1.82, 2.24) is 28.2 Å². The number of aromatic nitrogens is 6. The second-order valence-electron chi connectivity index (χ2n) is 20.1. The Morgan fingerprint density at radius 3 is 0.769 bits per heavy atom. The average Bonchev–Trinajstić information content (AvgIpc) is 4.55. The van der Waals surface area contributed by atoms with Crippen LogP contribution in [-0.4, -0.2) is 28.2 Å². The first-order valence-corrected chi connectivity index (χ1v) is 26.3. The zero-order valence-corrected chi connectivity index (χ0v) is 41.7. The lowest BCUT2D eigenvalue weighted by Gasteiger charge is -2.09. The van der Waals surface area contributed by atoms with Gasteiger partial charge in [-0.1, -0.05) is 109 Å². The largest absolute Gasteiger partial charge is 0.456 e. The summed E-state index contributed by atoms with van der Waals surface area (Å²) in [6, 6.07) is 85.6. The van der Waals surface area contributed by atoms with Gasteiger partial charge in [0, 0.05) is 89.0 Å². The second-order valence-corrected chi connectivity index (χ2v) is 20.1. The van der Waals surface area contributed by atoms with Crippen LogP contribution in [0.5, 0.6) is 0 Å². The van der Waals surface area contributed by atoms with E-state index in [9.17, 15) is 0 Å². The van der Waals surface area contributed by atoms with Gasteiger partial charge in [0.05, 0.1) is 55.2 Å². The molecule has 0 aliphatic carbocycles. The van der Waals surface area contributed by atoms with Crippen molar-refractivity contribution in [2.75, 3.05) is 0 Å². The topological polar surface area (TPSA) is 71.8 Å². The number of furan rings is 2. The summed E-state index contributed by atoms with van der Waals surface area (Å²) in [6.07, 6.45) is 3.72. The van der Waals surface area contributed by atoms with Crippen molar-refractivity contribution in [3.8, 4) is 22.7 Å². The van der Waals surface area contributed by atoms with E-state index in [1.165, 1.54) is 43.6 Å². The fourth-order valence-electron chi connectivity index (χ4n) is 12.6. The highest BCUT2D eigenvalue weighted by atomic mass is 16.3. The second kappa shape index (κ2) is 16.4. The first-order valence-electron chi connectivity index (χ1n) is 26.3. The SMILES string of the molecule is c1ccc2c(c1)c1ccccc1n2-c1ccc2oc3ccc(-n4c5ccccc5c5ccccc54)cc3c2c1.c1ccc2c(c1)c1ncccc1n2-c1ccc2oc3ccc(-n4c5ccccc5c5ncccc54)cc3c2c1. The molecule has 18 rings (SSSR count). The van der Waals surface area contributed by atoms with E-state index in [-0.39, 0.29) is 0 Å². The monoisotopic (exact) mass is 998 g/mol. The molecule has 8 nitrogen and oxygen atoms in total. The summed E-state index contributed by atoms with van der Waals surface area (Å²) in [6.45, 7) is 0. The predicted molar refractivity (Wildman–Crippen MR) is 320 cm³/mol. The van der Waals surface area contributed by atoms with Crippen molar-refractivity contribution in [1.29, 1.82) is 0 Å². The summed E-state index contributed by atoms with van der Waals surface area (Å²) < 4.78 is 21.9. The lowest BCUT2D eigenvalue weighted by molar-refractivity contribution is 0.668. The van der Waals surface area contributed by atoms with Gasteiger partial charge in [-0.25, -0.2) is 0 Å². The van der Waals surface area contributed by atoms with Crippen LogP contribution in [0.25, 0.3) is 154 Å². The maximum Gasteiger partial charge on any atom is 0.135 e. The highest BCUT2D eigenvalue weighted by molar-refractivity contribution is 6.14. The molecule has 10 aromatic carbocycles. The quantitative estimate of drug-likeness (QED) is 0.176. The van der Waals surface area contributed by atoms with E-state index >= 15 is 0 Å². The molecule has 8 heteroatoms. The van der Waals surface area contributed by atoms with Gasteiger partial charge in [0.2, 0.25) is 0 Å². The third-order valence-corrected chi connectivity index (χ3v) is 15.9. The predicted octanol–water partition coefficient (Wildman–Crippen LogP) is 18.4. The minimum Gasteiger partial charge on any atom is -0.456 e. The molecule has 0 N–H and O–H groups in total. The molecule has 364 valence electrons. The fourth-order valence-corrected chi connectivity index (χ4v) is 12.6. The van der Waals surface area contributed by atoms with E-state index in [4.69, 9.17) is 18.8 Å². The van der Waals surface area contributed by atoms with Gasteiger partial charge in [-0.15, -0.1) is 0 Å². The lowest BCUT2D eigenvalue weighted by atomic mass is 10.1. The van der Waals surface area contributed by atoms with Crippen LogP contribution in [-0.2, 0) is 0 Å². The van der Waals surface area contributed by atoms with Gasteiger partial charge < -0.3 is 27.1 Å². The third kappa shape index (κ3) is 6.16. The minimum absolute atomic E-state index is 0.869. The van der Waals surface area contributed by atoms with Gasteiger partial charge in [-0.3, -0.25) is 9.97 Å². The zero-order chi connectivity index (χ0) is 51.0. The molecular weight excluding hydrogens is 957 g/mol. The summed E-state index contributed by atoms with van der Waals surface area (Å²) >= 11 is 0. The molecule has 8 heterocycles. The Hall–Kier alpha value is -10.7. The molecule has 0 saturated heterocycles. The molecule has 8 aromatic heterocycles. The van der Waals surface area contributed by atoms with Crippen molar-refractivity contribution >= 4 is 131 Å². The summed E-state index contributed by atoms with van der Waals surface area (Å²) in [5.41, 5.74) is 19.2. The highest BCUT2D eigenvalue weighted by Crippen LogP contribution is 2.40. The van der Waals surface area contributed by atoms with E-state index in [1.807, 2.05) is 24.5 Å². The number of pyridine rings is 2. The molecule has 0 spiro atoms. The summed E-state index contributed by atoms with van der Waals surface area (Å²) in [5.74, 6) is 0. The lowest BCUT2D eigenvalue weighted by Crippen LogP contribution is -1.94. The van der Waals surface area contributed by atoms with E-state index < -0.39 is 0 Å². The zero-order valence-electron chi connectivity index (χ0n) is 41.7. The van der Waals surface area contributed by atoms with E-state index in [2.05, 4.69) is 249 Å². The molecule has 0 saturated carbocycles. The van der Waals surface area contributed by atoms with Gasteiger partial charge in [0.1, 0.15) is 22.3 Å². The summed E-state index contributed by atoms with van der Waals surface area (Å²) in [7, 11) is 0. The Morgan fingerprint density at radius 1 is 0.218 bits per heavy atom. The number of nitrogens with zero attached hydrogens (tertiary/aromatic N) is 6. The van der Waals surface area contributed by atoms with Gasteiger partial charge in [0.15, 0.2) is 0 Å². The van der Waals surface area contributed by atoms with Crippen molar-refractivity contribution in [2.24, 2.45) is 0 Å². The normalized spacial score (nSPS) is 12.1. The number of rotatable bonds is 4. The van der Waals surface area contributed by atoms with Crippen LogP contribution in [0.15, 0.2) is 264 Å². The average molecular weight is 999 g/mol. The van der Waals surface area contributed by atoms with Crippen LogP contribution < -0.4 is 0 Å². The van der Waals surface area contributed by atoms with Crippen LogP contribution >= 0.6 is 0 Å². The standard InChI is InChI=1S/C36H22N2O.C34H20N4O/c1-5-13-31-25(9-1)26-10-2-6-14-32(26)37(31)23-17-19-35-29(21-23)30-22-24(18-20-36(30)39-35)38-33-15-7-3-11-27(33)28-12-4-8-16-34(28)38;1-3-9-27-23(7-1)33-29(11-5-17-35-33)37(27)21-13-15-31-25(19-21)26-20-22(14-16-32(26)39-31)38-28-10-4-2-8-24(28)34-30(38)12-6-18-36-34/h1-22H;1-20H. The summed E-state index contributed by atoms with van der Waals surface area (Å²) in [4.78, 5) is 9.40. The summed E-state index contributed by atoms with van der Waals surface area (Å²) in [5, 5.41) is 11.7. The molecule has 0 bridgehead atoms. The first-order chi connectivity index (χ1) is 38.7. The van der Waals surface area contributed by atoms with Gasteiger partial charge >= 0.3 is 0 Å². The molecule has 0 radical (unpaired) electrons. The molecule has 78 heavy (non-hydrogen) atoms. The minimum atomic E-state index is 0.869. The van der Waals surface area contributed by atoms with Crippen LogP contribution in [0.3, 0.4) is 0 Å². The van der Waals surface area contributed by atoms with Crippen LogP contribution in [0.2, 0.25) is 0 Å². The van der Waals surface area contributed by atoms with Crippen molar-refractivity contribution in [3.05, 3.63) is 255 Å². The Morgan fingerprint density at radius 2 is 0.462 bits per heavy atom. The molecule has 0 atom stereocenters. The highest BCUT2D eigenvalue weighted by Gasteiger charge is 2.20. The van der Waals surface area contributed by atoms with Crippen molar-refractivity contribution in [2.45, 2.75) is 0 Å². The molecule has 0 amide bonds. The Balaban J connectivity index is 0.000000126. The van der Waals surface area contributed by atoms with Gasteiger partial charge in [-0.2, -0.15) is 0 Å². The molecular formula is C70H42N6O2. The number of para-hydroxylation sites is 6. The van der Waals surface area contributed by atoms with E-state index in [1.54, 1.807) is 0 Å². The van der Waals surface area contributed by atoms with E-state index in [0.29, 0.717) is 0 Å². The van der Waals surface area contributed by atoms with Crippen LogP contribution in [0, 0.1) is 0 Å². The van der Waals surface area contributed by atoms with Crippen molar-refractivity contribution < 1.29 is 8.83 Å². The molecule has 0 unspecified atom stereocenters. The Labute approximate surface area is 444 Å².